The van der Waals surface area contributed by atoms with Gasteiger partial charge < -0.3 is 100 Å². The maximum Gasteiger partial charge on any atom is 0.364 e. The lowest BCUT2D eigenvalue weighted by Crippen LogP contribution is -2.70. The van der Waals surface area contributed by atoms with Gasteiger partial charge in [-0.05, 0) is 44.9 Å². The highest BCUT2D eigenvalue weighted by molar-refractivity contribution is 5.77. The van der Waals surface area contributed by atoms with E-state index in [4.69, 9.17) is 28.4 Å². The van der Waals surface area contributed by atoms with Crippen molar-refractivity contribution in [1.82, 2.24) is 10.6 Å². The fraction of sp³-hybridized carbons (Fsp3) is 0.896. The highest BCUT2D eigenvalue weighted by atomic mass is 16.8. The number of aliphatic carboxylic acids is 1. The Morgan fingerprint density at radius 1 is 0.578 bits per heavy atom. The average Bonchev–Trinajstić information content (AvgIpc) is 0.837. The van der Waals surface area contributed by atoms with E-state index in [1.807, 2.05) is 6.08 Å². The standard InChI is InChI=1S/C67H122N2O21/c1-4-6-8-10-12-14-16-18-20-22-23-25-26-28-30-32-34-36-38-40-49(74)48(69-54(77)41-39-37-35-33-31-29-27-24-21-19-17-15-13-11-9-7-5-2)46-85-64-59(81)58(80)61(53(45-72)87-64)88-65-60(82)63(57(79)52(44-71)86-65)90-67(66(83)84)42-50(75)55(68-47(3)73)62(89-67)56(78)51(76)43-70/h19,21,38,40,48-53,55-65,70-72,74-76,78-82H,4-18,20,22-37,39,41-46H2,1-3H3,(H,68,73)(H,69,77)(H,83,84)/b21-19-,40-38+. The van der Waals surface area contributed by atoms with Crippen molar-refractivity contribution in [3.8, 4) is 0 Å². The molecule has 3 saturated heterocycles. The van der Waals surface area contributed by atoms with E-state index >= 15 is 0 Å². The maximum absolute atomic E-state index is 13.4. The first kappa shape index (κ1) is 81.4. The van der Waals surface area contributed by atoms with Gasteiger partial charge in [-0.3, -0.25) is 9.59 Å². The molecule has 0 aromatic heterocycles. The smallest absolute Gasteiger partial charge is 0.364 e. The molecular weight excluding hydrogens is 1170 g/mol. The molecule has 0 spiro atoms. The second kappa shape index (κ2) is 48.0. The second-order valence-corrected chi connectivity index (χ2v) is 25.4. The zero-order chi connectivity index (χ0) is 66.1. The van der Waals surface area contributed by atoms with Crippen molar-refractivity contribution in [3.05, 3.63) is 24.3 Å². The lowest BCUT2D eigenvalue weighted by Gasteiger charge is -2.50. The number of carbonyl (C=O) groups is 3. The number of carboxylic acids is 1. The lowest BCUT2D eigenvalue weighted by molar-refractivity contribution is -0.386. The van der Waals surface area contributed by atoms with Gasteiger partial charge in [0.25, 0.3) is 5.79 Å². The number of ether oxygens (including phenoxy) is 6. The van der Waals surface area contributed by atoms with Gasteiger partial charge in [-0.15, -0.1) is 0 Å². The molecule has 18 unspecified atom stereocenters. The largest absolute Gasteiger partial charge is 0.477 e. The normalized spacial score (nSPS) is 28.7. The molecule has 3 aliphatic rings. The Kier molecular flexibility index (Phi) is 43.4. The number of allylic oxidation sites excluding steroid dienone is 3. The van der Waals surface area contributed by atoms with Gasteiger partial charge >= 0.3 is 5.97 Å². The molecule has 2 amide bonds. The first-order chi connectivity index (χ1) is 43.4. The van der Waals surface area contributed by atoms with Crippen molar-refractivity contribution in [2.45, 2.75) is 355 Å². The fourth-order valence-corrected chi connectivity index (χ4v) is 12.1. The van der Waals surface area contributed by atoms with Crippen molar-refractivity contribution in [1.29, 1.82) is 0 Å². The Bertz CT molecular complexity index is 1920. The molecule has 526 valence electrons. The number of hydrogen-bond acceptors (Lipinski definition) is 20. The van der Waals surface area contributed by atoms with Crippen molar-refractivity contribution in [2.24, 2.45) is 0 Å². The molecule has 0 bridgehead atoms. The minimum atomic E-state index is -3.08. The van der Waals surface area contributed by atoms with E-state index in [-0.39, 0.29) is 12.3 Å². The van der Waals surface area contributed by atoms with Gasteiger partial charge in [0, 0.05) is 19.8 Å². The maximum atomic E-state index is 13.4. The molecule has 90 heavy (non-hydrogen) atoms. The number of aliphatic hydroxyl groups is 11. The Balaban J connectivity index is 1.61. The van der Waals surface area contributed by atoms with Crippen LogP contribution in [-0.4, -0.2) is 215 Å². The number of amides is 2. The van der Waals surface area contributed by atoms with Crippen LogP contribution in [0.1, 0.15) is 245 Å². The molecule has 3 rings (SSSR count). The zero-order valence-corrected chi connectivity index (χ0v) is 54.7. The Morgan fingerprint density at radius 3 is 1.51 bits per heavy atom. The van der Waals surface area contributed by atoms with Crippen LogP contribution in [0, 0.1) is 0 Å². The topological polar surface area (TPSA) is 373 Å². The third kappa shape index (κ3) is 30.3. The molecule has 23 nitrogen and oxygen atoms in total. The summed E-state index contributed by atoms with van der Waals surface area (Å²) in [5.74, 6) is -6.15. The molecule has 0 aromatic rings. The van der Waals surface area contributed by atoms with E-state index in [2.05, 4.69) is 36.6 Å². The van der Waals surface area contributed by atoms with Crippen LogP contribution >= 0.6 is 0 Å². The van der Waals surface area contributed by atoms with Crippen LogP contribution in [0.4, 0.5) is 0 Å². The number of carboxylic acid groups (broad SMARTS) is 1. The van der Waals surface area contributed by atoms with Gasteiger partial charge in [0.15, 0.2) is 12.6 Å². The molecule has 3 aliphatic heterocycles. The monoisotopic (exact) mass is 1290 g/mol. The van der Waals surface area contributed by atoms with Crippen LogP contribution in [0.3, 0.4) is 0 Å². The zero-order valence-electron chi connectivity index (χ0n) is 54.7. The number of carbonyl (C=O) groups excluding carboxylic acids is 2. The molecule has 23 heteroatoms. The minimum absolute atomic E-state index is 0.196. The number of unbranched alkanes of at least 4 members (excludes halogenated alkanes) is 30. The second-order valence-electron chi connectivity index (χ2n) is 25.4. The molecule has 3 fully saturated rings. The van der Waals surface area contributed by atoms with Gasteiger partial charge in [-0.2, -0.15) is 0 Å². The first-order valence-electron chi connectivity index (χ1n) is 34.7. The molecule has 0 aliphatic carbocycles. The van der Waals surface area contributed by atoms with Gasteiger partial charge in [0.2, 0.25) is 11.8 Å². The molecule has 0 aromatic carbocycles. The first-order valence-corrected chi connectivity index (χ1v) is 34.7. The summed E-state index contributed by atoms with van der Waals surface area (Å²) in [6, 6.07) is -2.62. The summed E-state index contributed by atoms with van der Waals surface area (Å²) < 4.78 is 34.8. The number of rotatable bonds is 52. The summed E-state index contributed by atoms with van der Waals surface area (Å²) >= 11 is 0. The molecule has 3 heterocycles. The Labute approximate surface area is 536 Å². The van der Waals surface area contributed by atoms with Gasteiger partial charge in [0.05, 0.1) is 50.7 Å². The lowest BCUT2D eigenvalue weighted by atomic mass is 9.88. The highest BCUT2D eigenvalue weighted by Crippen LogP contribution is 2.39. The van der Waals surface area contributed by atoms with Crippen molar-refractivity contribution in [2.75, 3.05) is 26.4 Å². The summed E-state index contributed by atoms with van der Waals surface area (Å²) in [6.45, 7) is 2.13. The average molecular weight is 1290 g/mol. The van der Waals surface area contributed by atoms with E-state index in [1.165, 1.54) is 128 Å². The fourth-order valence-electron chi connectivity index (χ4n) is 12.1. The Morgan fingerprint density at radius 2 is 1.04 bits per heavy atom. The summed E-state index contributed by atoms with van der Waals surface area (Å²) in [7, 11) is 0. The summed E-state index contributed by atoms with van der Waals surface area (Å²) in [6.07, 6.45) is 17.9. The van der Waals surface area contributed by atoms with Crippen molar-refractivity contribution >= 4 is 17.8 Å². The van der Waals surface area contributed by atoms with E-state index in [1.54, 1.807) is 6.08 Å². The summed E-state index contributed by atoms with van der Waals surface area (Å²) in [4.78, 5) is 38.5. The quantitative estimate of drug-likeness (QED) is 0.0243. The van der Waals surface area contributed by atoms with Gasteiger partial charge in [-0.1, -0.05) is 205 Å². The molecule has 0 saturated carbocycles. The minimum Gasteiger partial charge on any atom is -0.477 e. The summed E-state index contributed by atoms with van der Waals surface area (Å²) in [5.41, 5.74) is 0. The van der Waals surface area contributed by atoms with Gasteiger partial charge in [-0.25, -0.2) is 4.79 Å². The van der Waals surface area contributed by atoms with Crippen LogP contribution in [0.5, 0.6) is 0 Å². The number of aliphatic hydroxyl groups excluding tert-OH is 11. The van der Waals surface area contributed by atoms with E-state index in [0.29, 0.717) is 12.8 Å². The predicted molar refractivity (Wildman–Crippen MR) is 338 cm³/mol. The molecule has 0 radical (unpaired) electrons. The highest BCUT2D eigenvalue weighted by Gasteiger charge is 2.60. The van der Waals surface area contributed by atoms with Crippen LogP contribution in [0.25, 0.3) is 0 Å². The third-order valence-corrected chi connectivity index (χ3v) is 17.6. The molecular formula is C67H122N2O21. The SMILES string of the molecule is CCCCCCCC/C=C\CCCCCCCCCC(=O)NC(COC1OC(CO)C(OC2OC(CO)C(O)C(OC3(C(=O)O)CC(O)C(NC(C)=O)C(C(O)C(O)CO)O3)C2O)C(O)C1O)C(O)/C=C/CCCCCCCCCCCCCCCCCCC. The van der Waals surface area contributed by atoms with E-state index in [0.717, 1.165) is 77.6 Å². The van der Waals surface area contributed by atoms with Crippen LogP contribution in [0.15, 0.2) is 24.3 Å². The van der Waals surface area contributed by atoms with Crippen LogP contribution < -0.4 is 10.6 Å². The van der Waals surface area contributed by atoms with Crippen molar-refractivity contribution in [3.63, 3.8) is 0 Å². The van der Waals surface area contributed by atoms with E-state index < -0.39 is 155 Å². The number of hydrogen-bond donors (Lipinski definition) is 14. The Hall–Kier alpha value is -2.79. The van der Waals surface area contributed by atoms with E-state index in [9.17, 15) is 75.7 Å². The predicted octanol–water partition coefficient (Wildman–Crippen LogP) is 6.06. The van der Waals surface area contributed by atoms with Crippen LogP contribution in [0.2, 0.25) is 0 Å². The summed E-state index contributed by atoms with van der Waals surface area (Å²) in [5, 5.41) is 136. The third-order valence-electron chi connectivity index (χ3n) is 17.6. The van der Waals surface area contributed by atoms with Crippen molar-refractivity contribution < 1.29 is 104 Å². The molecule has 18 atom stereocenters. The molecule has 14 N–H and O–H groups in total. The number of nitrogens with one attached hydrogen (secondary N) is 2. The van der Waals surface area contributed by atoms with Gasteiger partial charge in [0.1, 0.15) is 67.1 Å². The van der Waals surface area contributed by atoms with Crippen LogP contribution in [-0.2, 0) is 42.8 Å².